The average Bonchev–Trinajstić information content (AvgIpc) is 3.23. The van der Waals surface area contributed by atoms with Gasteiger partial charge in [-0.1, -0.05) is 31.7 Å². The number of pyridine rings is 1. The summed E-state index contributed by atoms with van der Waals surface area (Å²) < 4.78 is 2.16. The Morgan fingerprint density at radius 2 is 2.08 bits per heavy atom. The first-order valence-corrected chi connectivity index (χ1v) is 9.50. The number of aromatic nitrogens is 2. The molecule has 4 heteroatoms. The number of nitrogens with zero attached hydrogens (tertiary/aromatic N) is 2. The Labute approximate surface area is 150 Å². The van der Waals surface area contributed by atoms with Crippen molar-refractivity contribution >= 4 is 5.91 Å². The standard InChI is InChI=1S/C21H29N3O/c1-16-14-20(17(2)24(16)15-19-11-5-6-12-22-19)21(25)23-13-7-10-18-8-3-4-9-18/h5-6,11-12,14,18H,3-4,7-10,13,15H2,1-2H3,(H,23,25). The van der Waals surface area contributed by atoms with Crippen molar-refractivity contribution in [3.8, 4) is 0 Å². The van der Waals surface area contributed by atoms with Crippen molar-refractivity contribution in [3.63, 3.8) is 0 Å². The Kier molecular flexibility index (Phi) is 5.90. The molecule has 25 heavy (non-hydrogen) atoms. The van der Waals surface area contributed by atoms with Gasteiger partial charge in [0.1, 0.15) is 0 Å². The van der Waals surface area contributed by atoms with E-state index in [-0.39, 0.29) is 5.91 Å². The lowest BCUT2D eigenvalue weighted by Gasteiger charge is -2.10. The molecule has 4 nitrogen and oxygen atoms in total. The van der Waals surface area contributed by atoms with Crippen LogP contribution in [0.15, 0.2) is 30.5 Å². The maximum absolute atomic E-state index is 12.5. The van der Waals surface area contributed by atoms with E-state index in [2.05, 4.69) is 14.9 Å². The molecule has 0 unspecified atom stereocenters. The normalized spacial score (nSPS) is 14.8. The number of aryl methyl sites for hydroxylation is 1. The van der Waals surface area contributed by atoms with Gasteiger partial charge in [-0.25, -0.2) is 0 Å². The number of hydrogen-bond acceptors (Lipinski definition) is 2. The van der Waals surface area contributed by atoms with Gasteiger partial charge < -0.3 is 9.88 Å². The Balaban J connectivity index is 1.56. The van der Waals surface area contributed by atoms with Gasteiger partial charge in [-0.15, -0.1) is 0 Å². The molecule has 0 spiro atoms. The second-order valence-electron chi connectivity index (χ2n) is 7.24. The molecule has 2 aromatic heterocycles. The summed E-state index contributed by atoms with van der Waals surface area (Å²) in [5.74, 6) is 0.937. The van der Waals surface area contributed by atoms with E-state index in [4.69, 9.17) is 0 Å². The smallest absolute Gasteiger partial charge is 0.253 e. The number of amides is 1. The summed E-state index contributed by atoms with van der Waals surface area (Å²) in [7, 11) is 0. The van der Waals surface area contributed by atoms with E-state index in [0.29, 0.717) is 6.54 Å². The van der Waals surface area contributed by atoms with E-state index >= 15 is 0 Å². The third kappa shape index (κ3) is 4.50. The fraction of sp³-hybridized carbons (Fsp3) is 0.524. The predicted molar refractivity (Wildman–Crippen MR) is 101 cm³/mol. The third-order valence-electron chi connectivity index (χ3n) is 5.41. The lowest BCUT2D eigenvalue weighted by molar-refractivity contribution is 0.0951. The van der Waals surface area contributed by atoms with Crippen LogP contribution in [0.5, 0.6) is 0 Å². The largest absolute Gasteiger partial charge is 0.352 e. The second-order valence-corrected chi connectivity index (χ2v) is 7.24. The maximum atomic E-state index is 12.5. The minimum absolute atomic E-state index is 0.0480. The minimum atomic E-state index is 0.0480. The van der Waals surface area contributed by atoms with E-state index < -0.39 is 0 Å². The van der Waals surface area contributed by atoms with E-state index in [1.165, 1.54) is 32.1 Å². The topological polar surface area (TPSA) is 46.9 Å². The first-order chi connectivity index (χ1) is 12.1. The lowest BCUT2D eigenvalue weighted by atomic mass is 10.0. The second kappa shape index (κ2) is 8.32. The molecular weight excluding hydrogens is 310 g/mol. The number of rotatable bonds is 7. The maximum Gasteiger partial charge on any atom is 0.253 e. The molecule has 0 saturated heterocycles. The van der Waals surface area contributed by atoms with Gasteiger partial charge in [0.15, 0.2) is 0 Å². The molecule has 2 aromatic rings. The summed E-state index contributed by atoms with van der Waals surface area (Å²) in [5, 5.41) is 3.10. The van der Waals surface area contributed by atoms with Gasteiger partial charge in [-0.3, -0.25) is 9.78 Å². The molecule has 3 rings (SSSR count). The highest BCUT2D eigenvalue weighted by Gasteiger charge is 2.17. The van der Waals surface area contributed by atoms with Crippen molar-refractivity contribution < 1.29 is 4.79 Å². The zero-order valence-electron chi connectivity index (χ0n) is 15.4. The SMILES string of the molecule is Cc1cc(C(=O)NCCCC2CCCC2)c(C)n1Cc1ccccn1. The van der Waals surface area contributed by atoms with Crippen molar-refractivity contribution in [2.24, 2.45) is 5.92 Å². The number of hydrogen-bond donors (Lipinski definition) is 1. The molecule has 1 aliphatic rings. The summed E-state index contributed by atoms with van der Waals surface area (Å²) in [6.07, 6.45) is 9.67. The summed E-state index contributed by atoms with van der Waals surface area (Å²) >= 11 is 0. The van der Waals surface area contributed by atoms with Crippen LogP contribution in [-0.2, 0) is 6.54 Å². The monoisotopic (exact) mass is 339 g/mol. The van der Waals surface area contributed by atoms with Crippen molar-refractivity contribution in [1.82, 2.24) is 14.9 Å². The highest BCUT2D eigenvalue weighted by molar-refractivity contribution is 5.95. The molecule has 1 saturated carbocycles. The average molecular weight is 339 g/mol. The summed E-state index contributed by atoms with van der Waals surface area (Å²) in [6.45, 7) is 5.54. The molecule has 2 heterocycles. The molecule has 0 atom stereocenters. The van der Waals surface area contributed by atoms with Crippen LogP contribution in [0.3, 0.4) is 0 Å². The van der Waals surface area contributed by atoms with Crippen molar-refractivity contribution in [3.05, 3.63) is 53.1 Å². The van der Waals surface area contributed by atoms with Crippen LogP contribution >= 0.6 is 0 Å². The van der Waals surface area contributed by atoms with Crippen LogP contribution in [0.25, 0.3) is 0 Å². The van der Waals surface area contributed by atoms with E-state index in [1.54, 1.807) is 0 Å². The summed E-state index contributed by atoms with van der Waals surface area (Å²) in [6, 6.07) is 7.92. The lowest BCUT2D eigenvalue weighted by Crippen LogP contribution is -2.25. The van der Waals surface area contributed by atoms with Gasteiger partial charge in [-0.05, 0) is 50.8 Å². The molecule has 0 aliphatic heterocycles. The highest BCUT2D eigenvalue weighted by atomic mass is 16.1. The number of carbonyl (C=O) groups excluding carboxylic acids is 1. The van der Waals surface area contributed by atoms with Gasteiger partial charge in [0, 0.05) is 24.1 Å². The van der Waals surface area contributed by atoms with E-state index in [9.17, 15) is 4.79 Å². The van der Waals surface area contributed by atoms with Crippen molar-refractivity contribution in [2.75, 3.05) is 6.54 Å². The van der Waals surface area contributed by atoms with Gasteiger partial charge in [-0.2, -0.15) is 0 Å². The van der Waals surface area contributed by atoms with Gasteiger partial charge >= 0.3 is 0 Å². The number of carbonyl (C=O) groups is 1. The van der Waals surface area contributed by atoms with Crippen LogP contribution in [-0.4, -0.2) is 22.0 Å². The van der Waals surface area contributed by atoms with Crippen molar-refractivity contribution in [1.29, 1.82) is 0 Å². The Bertz CT molecular complexity index is 699. The Hall–Kier alpha value is -2.10. The Morgan fingerprint density at radius 1 is 1.28 bits per heavy atom. The molecule has 0 radical (unpaired) electrons. The van der Waals surface area contributed by atoms with Crippen molar-refractivity contribution in [2.45, 2.75) is 58.9 Å². The molecule has 134 valence electrons. The van der Waals surface area contributed by atoms with Crippen LogP contribution < -0.4 is 5.32 Å². The minimum Gasteiger partial charge on any atom is -0.352 e. The third-order valence-corrected chi connectivity index (χ3v) is 5.41. The summed E-state index contributed by atoms with van der Waals surface area (Å²) in [4.78, 5) is 16.9. The van der Waals surface area contributed by atoms with E-state index in [1.807, 2.05) is 44.3 Å². The zero-order chi connectivity index (χ0) is 17.6. The van der Waals surface area contributed by atoms with Crippen LogP contribution in [0.4, 0.5) is 0 Å². The zero-order valence-corrected chi connectivity index (χ0v) is 15.4. The molecule has 0 bridgehead atoms. The van der Waals surface area contributed by atoms with E-state index in [0.717, 1.165) is 41.5 Å². The first-order valence-electron chi connectivity index (χ1n) is 9.50. The highest BCUT2D eigenvalue weighted by Crippen LogP contribution is 2.28. The fourth-order valence-corrected chi connectivity index (χ4v) is 3.91. The van der Waals surface area contributed by atoms with Gasteiger partial charge in [0.05, 0.1) is 17.8 Å². The van der Waals surface area contributed by atoms with Crippen LogP contribution in [0.1, 0.15) is 66.0 Å². The molecular formula is C21H29N3O. The Morgan fingerprint density at radius 3 is 2.80 bits per heavy atom. The molecule has 1 aliphatic carbocycles. The van der Waals surface area contributed by atoms with Gasteiger partial charge in [0.2, 0.25) is 0 Å². The summed E-state index contributed by atoms with van der Waals surface area (Å²) in [5.41, 5.74) is 3.90. The van der Waals surface area contributed by atoms with Crippen LogP contribution in [0.2, 0.25) is 0 Å². The molecule has 1 N–H and O–H groups in total. The van der Waals surface area contributed by atoms with Crippen LogP contribution in [0, 0.1) is 19.8 Å². The first kappa shape index (κ1) is 17.7. The van der Waals surface area contributed by atoms with Gasteiger partial charge in [0.25, 0.3) is 5.91 Å². The predicted octanol–water partition coefficient (Wildman–Crippen LogP) is 4.25. The quantitative estimate of drug-likeness (QED) is 0.767. The molecule has 1 fully saturated rings. The number of nitrogens with one attached hydrogen (secondary N) is 1. The fourth-order valence-electron chi connectivity index (χ4n) is 3.91. The molecule has 0 aromatic carbocycles. The molecule has 1 amide bonds.